The molecule has 1 aliphatic rings. The van der Waals surface area contributed by atoms with Crippen molar-refractivity contribution in [3.05, 3.63) is 95.0 Å². The van der Waals surface area contributed by atoms with Gasteiger partial charge >= 0.3 is 0 Å². The van der Waals surface area contributed by atoms with Crippen molar-refractivity contribution in [2.75, 3.05) is 11.9 Å². The number of carbonyl (C=O) groups excluding carboxylic acids is 2. The number of pyridine rings is 1. The number of aliphatic hydroxyl groups is 1. The fourth-order valence-electron chi connectivity index (χ4n) is 4.07. The topological polar surface area (TPSA) is 109 Å². The van der Waals surface area contributed by atoms with Crippen LogP contribution in [0.1, 0.15) is 40.1 Å². The monoisotopic (exact) mass is 519 g/mol. The van der Waals surface area contributed by atoms with Crippen molar-refractivity contribution in [1.29, 1.82) is 0 Å². The second-order valence-corrected chi connectivity index (χ2v) is 9.31. The van der Waals surface area contributed by atoms with Crippen LogP contribution in [0.3, 0.4) is 0 Å². The van der Waals surface area contributed by atoms with E-state index in [2.05, 4.69) is 20.7 Å². The maximum Gasteiger partial charge on any atom is 0.271 e. The maximum absolute atomic E-state index is 14.3. The summed E-state index contributed by atoms with van der Waals surface area (Å²) in [6.45, 7) is 0.123. The summed E-state index contributed by atoms with van der Waals surface area (Å²) in [5, 5.41) is 20.3. The number of hydrogen-bond acceptors (Lipinski definition) is 5. The molecule has 2 aromatic carbocycles. The zero-order valence-electron chi connectivity index (χ0n) is 19.6. The van der Waals surface area contributed by atoms with Crippen molar-refractivity contribution >= 4 is 29.2 Å². The van der Waals surface area contributed by atoms with E-state index in [9.17, 15) is 19.1 Å². The molecular formula is C27H23ClFN5O3. The van der Waals surface area contributed by atoms with Gasteiger partial charge in [-0.1, -0.05) is 35.9 Å². The van der Waals surface area contributed by atoms with Gasteiger partial charge in [-0.2, -0.15) is 5.10 Å². The molecule has 5 rings (SSSR count). The molecule has 1 fully saturated rings. The lowest BCUT2D eigenvalue weighted by molar-refractivity contribution is -0.0300. The first kappa shape index (κ1) is 24.6. The summed E-state index contributed by atoms with van der Waals surface area (Å²) >= 11 is 6.31. The summed E-state index contributed by atoms with van der Waals surface area (Å²) in [6, 6.07) is 17.7. The second-order valence-electron chi connectivity index (χ2n) is 8.91. The Bertz CT molecular complexity index is 1470. The molecule has 0 atom stereocenters. The molecule has 37 heavy (non-hydrogen) atoms. The van der Waals surface area contributed by atoms with Crippen molar-refractivity contribution in [2.24, 2.45) is 0 Å². The molecule has 1 saturated carbocycles. The summed E-state index contributed by atoms with van der Waals surface area (Å²) in [6.07, 6.45) is 3.65. The number of nitrogens with one attached hydrogen (secondary N) is 2. The molecule has 3 N–H and O–H groups in total. The van der Waals surface area contributed by atoms with Crippen LogP contribution in [-0.4, -0.2) is 43.8 Å². The number of rotatable bonds is 7. The van der Waals surface area contributed by atoms with Crippen LogP contribution in [-0.2, 0) is 0 Å². The van der Waals surface area contributed by atoms with Crippen molar-refractivity contribution in [2.45, 2.75) is 24.9 Å². The molecule has 2 aromatic heterocycles. The van der Waals surface area contributed by atoms with Gasteiger partial charge in [0.05, 0.1) is 21.9 Å². The molecule has 1 aliphatic carbocycles. The van der Waals surface area contributed by atoms with E-state index in [4.69, 9.17) is 11.6 Å². The van der Waals surface area contributed by atoms with Crippen LogP contribution in [0.25, 0.3) is 16.9 Å². The number of halogens is 2. The maximum atomic E-state index is 14.3. The minimum absolute atomic E-state index is 0.0671. The molecule has 0 spiro atoms. The van der Waals surface area contributed by atoms with E-state index in [-0.39, 0.29) is 34.3 Å². The van der Waals surface area contributed by atoms with Gasteiger partial charge in [0, 0.05) is 24.4 Å². The van der Waals surface area contributed by atoms with E-state index < -0.39 is 23.2 Å². The average molecular weight is 520 g/mol. The highest BCUT2D eigenvalue weighted by molar-refractivity contribution is 6.34. The van der Waals surface area contributed by atoms with Crippen molar-refractivity contribution in [3.8, 4) is 16.9 Å². The van der Waals surface area contributed by atoms with Gasteiger partial charge < -0.3 is 15.7 Å². The van der Waals surface area contributed by atoms with E-state index in [0.717, 1.165) is 6.42 Å². The zero-order chi connectivity index (χ0) is 26.0. The summed E-state index contributed by atoms with van der Waals surface area (Å²) in [4.78, 5) is 30.1. The highest BCUT2D eigenvalue weighted by Gasteiger charge is 2.34. The van der Waals surface area contributed by atoms with E-state index in [0.29, 0.717) is 24.1 Å². The molecule has 188 valence electrons. The Hall–Kier alpha value is -4.08. The van der Waals surface area contributed by atoms with Gasteiger partial charge in [-0.25, -0.2) is 9.07 Å². The quantitative estimate of drug-likeness (QED) is 0.330. The molecule has 2 heterocycles. The van der Waals surface area contributed by atoms with Gasteiger partial charge in [0.15, 0.2) is 5.69 Å². The predicted molar refractivity (Wildman–Crippen MR) is 137 cm³/mol. The van der Waals surface area contributed by atoms with Gasteiger partial charge in [0.1, 0.15) is 17.3 Å². The lowest BCUT2D eigenvalue weighted by Gasteiger charge is -2.36. The zero-order valence-corrected chi connectivity index (χ0v) is 20.4. The molecule has 10 heteroatoms. The van der Waals surface area contributed by atoms with Crippen LogP contribution in [0.5, 0.6) is 0 Å². The highest BCUT2D eigenvalue weighted by atomic mass is 35.5. The highest BCUT2D eigenvalue weighted by Crippen LogP contribution is 2.31. The minimum atomic E-state index is -0.885. The number of aromatic nitrogens is 3. The van der Waals surface area contributed by atoms with E-state index in [1.165, 1.54) is 41.2 Å². The number of anilines is 1. The molecule has 4 aromatic rings. The van der Waals surface area contributed by atoms with E-state index in [1.807, 2.05) is 6.07 Å². The number of hydrogen-bond donors (Lipinski definition) is 3. The summed E-state index contributed by atoms with van der Waals surface area (Å²) < 4.78 is 15.7. The van der Waals surface area contributed by atoms with Gasteiger partial charge in [0.2, 0.25) is 0 Å². The van der Waals surface area contributed by atoms with Crippen molar-refractivity contribution < 1.29 is 19.1 Å². The van der Waals surface area contributed by atoms with Crippen LogP contribution in [0, 0.1) is 5.82 Å². The largest absolute Gasteiger partial charge is 0.388 e. The van der Waals surface area contributed by atoms with Gasteiger partial charge in [-0.3, -0.25) is 14.6 Å². The lowest BCUT2D eigenvalue weighted by atomic mass is 9.80. The standard InChI is InChI=1S/C27H23ClFN5O3/c28-20-10-9-17(24-21(29)8-4-13-30-24)14-19(20)25(35)32-23-15-22(26(36)31-16-27(37)11-5-12-27)33-34(23)18-6-2-1-3-7-18/h1-4,6-10,13-15,37H,5,11-12,16H2,(H,31,36)(H,32,35). The first-order valence-corrected chi connectivity index (χ1v) is 12.1. The molecule has 8 nitrogen and oxygen atoms in total. The Kier molecular flexibility index (Phi) is 6.73. The third kappa shape index (κ3) is 5.23. The van der Waals surface area contributed by atoms with Gasteiger partial charge in [0.25, 0.3) is 11.8 Å². The number of para-hydroxylation sites is 1. The average Bonchev–Trinajstić information content (AvgIpc) is 3.31. The molecule has 0 unspecified atom stereocenters. The Morgan fingerprint density at radius 2 is 1.84 bits per heavy atom. The molecule has 0 bridgehead atoms. The Balaban J connectivity index is 1.44. The fraction of sp³-hybridized carbons (Fsp3) is 0.185. The Morgan fingerprint density at radius 1 is 1.05 bits per heavy atom. The predicted octanol–water partition coefficient (Wildman–Crippen LogP) is 4.62. The third-order valence-corrected chi connectivity index (χ3v) is 6.62. The SMILES string of the molecule is O=C(NCC1(O)CCC1)c1cc(NC(=O)c2cc(-c3ncccc3F)ccc2Cl)n(-c2ccccc2)n1. The van der Waals surface area contributed by atoms with Gasteiger partial charge in [-0.15, -0.1) is 0 Å². The number of amides is 2. The van der Waals surface area contributed by atoms with Crippen LogP contribution in [0.15, 0.2) is 72.9 Å². The molecular weight excluding hydrogens is 497 g/mol. The Labute approximate surface area is 217 Å². The fourth-order valence-corrected chi connectivity index (χ4v) is 4.28. The van der Waals surface area contributed by atoms with Crippen molar-refractivity contribution in [3.63, 3.8) is 0 Å². The molecule has 0 saturated heterocycles. The van der Waals surface area contributed by atoms with Crippen LogP contribution in [0.2, 0.25) is 5.02 Å². The minimum Gasteiger partial charge on any atom is -0.388 e. The van der Waals surface area contributed by atoms with Gasteiger partial charge in [-0.05, 0) is 55.7 Å². The van der Waals surface area contributed by atoms with Crippen LogP contribution < -0.4 is 10.6 Å². The first-order chi connectivity index (χ1) is 17.8. The number of benzene rings is 2. The first-order valence-electron chi connectivity index (χ1n) is 11.7. The third-order valence-electron chi connectivity index (χ3n) is 6.29. The molecule has 0 aliphatic heterocycles. The summed E-state index contributed by atoms with van der Waals surface area (Å²) in [5.41, 5.74) is 0.377. The molecule has 2 amide bonds. The Morgan fingerprint density at radius 3 is 2.54 bits per heavy atom. The summed E-state index contributed by atoms with van der Waals surface area (Å²) in [5.74, 6) is -1.35. The van der Waals surface area contributed by atoms with E-state index >= 15 is 0 Å². The number of carbonyl (C=O) groups is 2. The van der Waals surface area contributed by atoms with Crippen LogP contribution in [0.4, 0.5) is 10.2 Å². The number of nitrogens with zero attached hydrogens (tertiary/aromatic N) is 3. The van der Waals surface area contributed by atoms with Crippen LogP contribution >= 0.6 is 11.6 Å². The smallest absolute Gasteiger partial charge is 0.271 e. The normalized spacial score (nSPS) is 14.0. The van der Waals surface area contributed by atoms with Crippen molar-refractivity contribution in [1.82, 2.24) is 20.1 Å². The molecule has 0 radical (unpaired) electrons. The van der Waals surface area contributed by atoms with E-state index in [1.54, 1.807) is 30.3 Å². The lowest BCUT2D eigenvalue weighted by Crippen LogP contribution is -2.47. The second kappa shape index (κ2) is 10.1. The summed E-state index contributed by atoms with van der Waals surface area (Å²) in [7, 11) is 0.